The Kier molecular flexibility index (Phi) is 3.41. The van der Waals surface area contributed by atoms with Crippen LogP contribution < -0.4 is 5.73 Å². The number of halogens is 1. The zero-order chi connectivity index (χ0) is 11.7. The Morgan fingerprint density at radius 1 is 1.62 bits per heavy atom. The predicted molar refractivity (Wildman–Crippen MR) is 69.0 cm³/mol. The lowest BCUT2D eigenvalue weighted by molar-refractivity contribution is 0.757. The zero-order valence-electron chi connectivity index (χ0n) is 8.90. The van der Waals surface area contributed by atoms with Crippen molar-refractivity contribution in [1.29, 1.82) is 0 Å². The molecule has 0 radical (unpaired) electrons. The molecule has 0 spiro atoms. The van der Waals surface area contributed by atoms with Crippen molar-refractivity contribution < 1.29 is 0 Å². The quantitative estimate of drug-likeness (QED) is 0.875. The highest BCUT2D eigenvalue weighted by Gasteiger charge is 2.11. The van der Waals surface area contributed by atoms with Crippen LogP contribution in [0.1, 0.15) is 11.3 Å². The van der Waals surface area contributed by atoms with Gasteiger partial charge in [0.2, 0.25) is 0 Å². The number of hydrogen-bond donors (Lipinski definition) is 1. The van der Waals surface area contributed by atoms with Gasteiger partial charge in [0.25, 0.3) is 0 Å². The highest BCUT2D eigenvalue weighted by Crippen LogP contribution is 2.32. The molecule has 0 unspecified atom stereocenters. The smallest absolute Gasteiger partial charge is 0.181 e. The van der Waals surface area contributed by atoms with Gasteiger partial charge in [0.1, 0.15) is 5.15 Å². The standard InChI is InChI=1S/C9H11ClN4S2/c1-5-6(8(10)14(2)13-5)4-15-7-3-12-9(11)16-7/h3H,4H2,1-2H3,(H2,11,12). The molecule has 16 heavy (non-hydrogen) atoms. The third-order valence-corrected chi connectivity index (χ3v) is 4.65. The van der Waals surface area contributed by atoms with Crippen molar-refractivity contribution in [2.75, 3.05) is 5.73 Å². The number of nitrogens with zero attached hydrogens (tertiary/aromatic N) is 3. The van der Waals surface area contributed by atoms with Gasteiger partial charge < -0.3 is 5.73 Å². The van der Waals surface area contributed by atoms with Crippen molar-refractivity contribution in [3.05, 3.63) is 22.6 Å². The third-order valence-electron chi connectivity index (χ3n) is 2.13. The summed E-state index contributed by atoms with van der Waals surface area (Å²) in [4.78, 5) is 4.00. The molecule has 0 aliphatic rings. The van der Waals surface area contributed by atoms with E-state index in [2.05, 4.69) is 10.1 Å². The van der Waals surface area contributed by atoms with Gasteiger partial charge in [-0.3, -0.25) is 4.68 Å². The summed E-state index contributed by atoms with van der Waals surface area (Å²) in [6.07, 6.45) is 1.78. The maximum absolute atomic E-state index is 6.14. The number of aromatic nitrogens is 3. The second-order valence-electron chi connectivity index (χ2n) is 3.28. The monoisotopic (exact) mass is 274 g/mol. The summed E-state index contributed by atoms with van der Waals surface area (Å²) in [5.74, 6) is 0.792. The van der Waals surface area contributed by atoms with E-state index in [-0.39, 0.29) is 0 Å². The Hall–Kier alpha value is -0.720. The van der Waals surface area contributed by atoms with E-state index in [1.165, 1.54) is 11.3 Å². The average molecular weight is 275 g/mol. The Morgan fingerprint density at radius 3 is 2.88 bits per heavy atom. The molecule has 86 valence electrons. The van der Waals surface area contributed by atoms with Gasteiger partial charge in [-0.1, -0.05) is 22.9 Å². The van der Waals surface area contributed by atoms with Crippen LogP contribution in [0.25, 0.3) is 0 Å². The molecule has 2 aromatic rings. The molecule has 0 fully saturated rings. The largest absolute Gasteiger partial charge is 0.375 e. The third kappa shape index (κ3) is 2.34. The molecule has 0 aliphatic carbocycles. The normalized spacial score (nSPS) is 10.9. The SMILES string of the molecule is Cc1nn(C)c(Cl)c1CSc1cnc(N)s1. The van der Waals surface area contributed by atoms with Crippen molar-refractivity contribution in [2.45, 2.75) is 16.9 Å². The van der Waals surface area contributed by atoms with E-state index in [1.54, 1.807) is 22.6 Å². The van der Waals surface area contributed by atoms with Gasteiger partial charge in [0, 0.05) is 18.4 Å². The lowest BCUT2D eigenvalue weighted by Crippen LogP contribution is -1.89. The first-order chi connectivity index (χ1) is 7.58. The van der Waals surface area contributed by atoms with Gasteiger partial charge in [-0.2, -0.15) is 5.10 Å². The fourth-order valence-corrected chi connectivity index (χ4v) is 3.49. The van der Waals surface area contributed by atoms with E-state index in [0.29, 0.717) is 10.3 Å². The molecule has 2 rings (SSSR count). The second-order valence-corrected chi connectivity index (χ2v) is 5.98. The first-order valence-corrected chi connectivity index (χ1v) is 6.78. The molecule has 0 aromatic carbocycles. The summed E-state index contributed by atoms with van der Waals surface area (Å²) in [5, 5.41) is 5.55. The van der Waals surface area contributed by atoms with E-state index < -0.39 is 0 Å². The van der Waals surface area contributed by atoms with Crippen LogP contribution in [0.3, 0.4) is 0 Å². The molecule has 2 N–H and O–H groups in total. The first-order valence-electron chi connectivity index (χ1n) is 4.60. The maximum atomic E-state index is 6.14. The van der Waals surface area contributed by atoms with Gasteiger partial charge in [0.05, 0.1) is 16.1 Å². The molecule has 0 amide bonds. The van der Waals surface area contributed by atoms with E-state index in [4.69, 9.17) is 17.3 Å². The lowest BCUT2D eigenvalue weighted by Gasteiger charge is -1.98. The molecule has 0 saturated carbocycles. The van der Waals surface area contributed by atoms with Gasteiger partial charge in [-0.25, -0.2) is 4.98 Å². The minimum Gasteiger partial charge on any atom is -0.375 e. The van der Waals surface area contributed by atoms with Gasteiger partial charge in [-0.05, 0) is 6.92 Å². The number of thiazole rings is 1. The molecule has 2 aromatic heterocycles. The minimum absolute atomic E-state index is 0.594. The number of hydrogen-bond acceptors (Lipinski definition) is 5. The molecule has 7 heteroatoms. The number of thioether (sulfide) groups is 1. The van der Waals surface area contributed by atoms with Crippen LogP contribution in [0.5, 0.6) is 0 Å². The molecule has 0 bridgehead atoms. The van der Waals surface area contributed by atoms with Crippen molar-refractivity contribution >= 4 is 39.8 Å². The molecule has 0 atom stereocenters. The van der Waals surface area contributed by atoms with Crippen molar-refractivity contribution in [3.8, 4) is 0 Å². The molecule has 0 aliphatic heterocycles. The van der Waals surface area contributed by atoms with Gasteiger partial charge in [0.15, 0.2) is 5.13 Å². The predicted octanol–water partition coefficient (Wildman–Crippen LogP) is 2.71. The first kappa shape index (κ1) is 11.8. The molecular formula is C9H11ClN4S2. The summed E-state index contributed by atoms with van der Waals surface area (Å²) in [5.41, 5.74) is 7.60. The Labute approximate surface area is 107 Å². The lowest BCUT2D eigenvalue weighted by atomic mass is 10.3. The molecule has 2 heterocycles. The topological polar surface area (TPSA) is 56.7 Å². The van der Waals surface area contributed by atoms with Crippen LogP contribution in [0.2, 0.25) is 5.15 Å². The Morgan fingerprint density at radius 2 is 2.38 bits per heavy atom. The highest BCUT2D eigenvalue weighted by molar-refractivity contribution is 8.00. The zero-order valence-corrected chi connectivity index (χ0v) is 11.3. The van der Waals surface area contributed by atoms with Gasteiger partial charge in [-0.15, -0.1) is 11.8 Å². The molecule has 4 nitrogen and oxygen atoms in total. The maximum Gasteiger partial charge on any atom is 0.181 e. The summed E-state index contributed by atoms with van der Waals surface area (Å²) in [7, 11) is 1.84. The van der Waals surface area contributed by atoms with Gasteiger partial charge >= 0.3 is 0 Å². The number of rotatable bonds is 3. The van der Waals surface area contributed by atoms with Crippen molar-refractivity contribution in [1.82, 2.24) is 14.8 Å². The summed E-state index contributed by atoms with van der Waals surface area (Å²) in [6.45, 7) is 1.96. The fourth-order valence-electron chi connectivity index (χ4n) is 1.32. The van der Waals surface area contributed by atoms with E-state index in [1.807, 2.05) is 14.0 Å². The highest BCUT2D eigenvalue weighted by atomic mass is 35.5. The number of nitrogen functional groups attached to an aromatic ring is 1. The van der Waals surface area contributed by atoms with Crippen LogP contribution >= 0.6 is 34.7 Å². The van der Waals surface area contributed by atoms with E-state index in [0.717, 1.165) is 21.2 Å². The average Bonchev–Trinajstić information content (AvgIpc) is 2.72. The van der Waals surface area contributed by atoms with Crippen LogP contribution in [-0.4, -0.2) is 14.8 Å². The summed E-state index contributed by atoms with van der Waals surface area (Å²) < 4.78 is 2.78. The van der Waals surface area contributed by atoms with Crippen LogP contribution in [-0.2, 0) is 12.8 Å². The van der Waals surface area contributed by atoms with Crippen LogP contribution in [0, 0.1) is 6.92 Å². The fraction of sp³-hybridized carbons (Fsp3) is 0.333. The van der Waals surface area contributed by atoms with Crippen LogP contribution in [0.4, 0.5) is 5.13 Å². The minimum atomic E-state index is 0.594. The number of anilines is 1. The molecular weight excluding hydrogens is 264 g/mol. The second kappa shape index (κ2) is 4.65. The van der Waals surface area contributed by atoms with Crippen LogP contribution in [0.15, 0.2) is 10.4 Å². The molecule has 0 saturated heterocycles. The summed E-state index contributed by atoms with van der Waals surface area (Å²) >= 11 is 9.29. The van der Waals surface area contributed by atoms with Crippen molar-refractivity contribution in [2.24, 2.45) is 7.05 Å². The van der Waals surface area contributed by atoms with E-state index >= 15 is 0 Å². The number of aryl methyl sites for hydroxylation is 2. The van der Waals surface area contributed by atoms with Crippen molar-refractivity contribution in [3.63, 3.8) is 0 Å². The van der Waals surface area contributed by atoms with E-state index in [9.17, 15) is 0 Å². The Balaban J connectivity index is 2.10. The number of nitrogens with two attached hydrogens (primary N) is 1. The Bertz CT molecular complexity index is 506. The summed E-state index contributed by atoms with van der Waals surface area (Å²) in [6, 6.07) is 0.